The Balaban J connectivity index is 2.45. The third kappa shape index (κ3) is 2.22. The highest BCUT2D eigenvalue weighted by Gasteiger charge is 2.26. The molecule has 0 aromatic rings. The molecule has 1 nitrogen and oxygen atoms in total. The standard InChI is InChI=1S/C11H23N/c1-3-9(4-2)10-7-5-6-8-11(10)12/h9-11H,3-8,12H2,1-2H3/t10?,11-/m0/s1. The molecule has 0 aliphatic heterocycles. The molecule has 1 unspecified atom stereocenters. The van der Waals surface area contributed by atoms with Gasteiger partial charge in [-0.05, 0) is 24.7 Å². The Bertz CT molecular complexity index is 118. The number of hydrogen-bond donors (Lipinski definition) is 1. The lowest BCUT2D eigenvalue weighted by Gasteiger charge is -2.34. The van der Waals surface area contributed by atoms with Gasteiger partial charge in [0.05, 0.1) is 0 Å². The van der Waals surface area contributed by atoms with E-state index in [-0.39, 0.29) is 0 Å². The topological polar surface area (TPSA) is 26.0 Å². The van der Waals surface area contributed by atoms with Gasteiger partial charge in [-0.2, -0.15) is 0 Å². The maximum atomic E-state index is 6.13. The second kappa shape index (κ2) is 4.86. The van der Waals surface area contributed by atoms with E-state index < -0.39 is 0 Å². The summed E-state index contributed by atoms with van der Waals surface area (Å²) in [6.07, 6.45) is 8.05. The average molecular weight is 169 g/mol. The Labute approximate surface area is 76.7 Å². The van der Waals surface area contributed by atoms with Crippen molar-refractivity contribution < 1.29 is 0 Å². The largest absolute Gasteiger partial charge is 0.327 e. The van der Waals surface area contributed by atoms with Gasteiger partial charge in [0.15, 0.2) is 0 Å². The maximum absolute atomic E-state index is 6.13. The van der Waals surface area contributed by atoms with E-state index >= 15 is 0 Å². The van der Waals surface area contributed by atoms with E-state index in [1.807, 2.05) is 0 Å². The highest BCUT2D eigenvalue weighted by molar-refractivity contribution is 4.82. The van der Waals surface area contributed by atoms with Crippen molar-refractivity contribution in [3.63, 3.8) is 0 Å². The molecule has 1 heteroatoms. The zero-order chi connectivity index (χ0) is 8.97. The molecule has 1 saturated carbocycles. The fourth-order valence-electron chi connectivity index (χ4n) is 2.67. The minimum Gasteiger partial charge on any atom is -0.327 e. The van der Waals surface area contributed by atoms with E-state index in [1.165, 1.54) is 38.5 Å². The Kier molecular flexibility index (Phi) is 4.07. The zero-order valence-corrected chi connectivity index (χ0v) is 8.55. The minimum absolute atomic E-state index is 0.503. The molecule has 0 radical (unpaired) electrons. The molecule has 2 N–H and O–H groups in total. The summed E-state index contributed by atoms with van der Waals surface area (Å²) < 4.78 is 0. The van der Waals surface area contributed by atoms with Crippen molar-refractivity contribution in [1.82, 2.24) is 0 Å². The summed E-state index contributed by atoms with van der Waals surface area (Å²) in [6, 6.07) is 0.503. The summed E-state index contributed by atoms with van der Waals surface area (Å²) in [5.41, 5.74) is 6.13. The molecular formula is C11H23N. The lowest BCUT2D eigenvalue weighted by molar-refractivity contribution is 0.204. The van der Waals surface area contributed by atoms with E-state index in [1.54, 1.807) is 0 Å². The Morgan fingerprint density at radius 1 is 1.17 bits per heavy atom. The Morgan fingerprint density at radius 2 is 1.75 bits per heavy atom. The van der Waals surface area contributed by atoms with Crippen LogP contribution in [0.1, 0.15) is 52.4 Å². The van der Waals surface area contributed by atoms with Crippen molar-refractivity contribution in [1.29, 1.82) is 0 Å². The highest BCUT2D eigenvalue weighted by atomic mass is 14.7. The van der Waals surface area contributed by atoms with Gasteiger partial charge < -0.3 is 5.73 Å². The predicted octanol–water partition coefficient (Wildman–Crippen LogP) is 2.94. The van der Waals surface area contributed by atoms with Crippen LogP contribution in [0.15, 0.2) is 0 Å². The summed E-state index contributed by atoms with van der Waals surface area (Å²) >= 11 is 0. The van der Waals surface area contributed by atoms with Crippen LogP contribution in [0.25, 0.3) is 0 Å². The molecule has 1 aliphatic rings. The van der Waals surface area contributed by atoms with Crippen LogP contribution in [0, 0.1) is 11.8 Å². The van der Waals surface area contributed by atoms with Crippen molar-refractivity contribution in [2.75, 3.05) is 0 Å². The molecule has 0 aromatic carbocycles. The zero-order valence-electron chi connectivity index (χ0n) is 8.55. The molecule has 0 heterocycles. The first-order chi connectivity index (χ1) is 5.79. The van der Waals surface area contributed by atoms with E-state index in [9.17, 15) is 0 Å². The summed E-state index contributed by atoms with van der Waals surface area (Å²) in [4.78, 5) is 0. The van der Waals surface area contributed by atoms with E-state index in [2.05, 4.69) is 13.8 Å². The van der Waals surface area contributed by atoms with Crippen molar-refractivity contribution in [3.8, 4) is 0 Å². The predicted molar refractivity (Wildman–Crippen MR) is 54.0 cm³/mol. The van der Waals surface area contributed by atoms with E-state index in [0.717, 1.165) is 11.8 Å². The van der Waals surface area contributed by atoms with Crippen LogP contribution in [0.5, 0.6) is 0 Å². The van der Waals surface area contributed by atoms with Crippen LogP contribution in [-0.2, 0) is 0 Å². The van der Waals surface area contributed by atoms with Gasteiger partial charge in [-0.3, -0.25) is 0 Å². The fraction of sp³-hybridized carbons (Fsp3) is 1.00. The number of rotatable bonds is 3. The lowest BCUT2D eigenvalue weighted by Crippen LogP contribution is -2.37. The summed E-state index contributed by atoms with van der Waals surface area (Å²) in [5, 5.41) is 0. The molecule has 1 fully saturated rings. The van der Waals surface area contributed by atoms with Crippen molar-refractivity contribution in [3.05, 3.63) is 0 Å². The first-order valence-electron chi connectivity index (χ1n) is 5.55. The maximum Gasteiger partial charge on any atom is 0.00698 e. The van der Waals surface area contributed by atoms with Crippen LogP contribution in [0.2, 0.25) is 0 Å². The number of hydrogen-bond acceptors (Lipinski definition) is 1. The molecule has 0 amide bonds. The number of nitrogens with two attached hydrogens (primary N) is 1. The van der Waals surface area contributed by atoms with Crippen molar-refractivity contribution in [2.45, 2.75) is 58.4 Å². The summed E-state index contributed by atoms with van der Waals surface area (Å²) in [5.74, 6) is 1.72. The molecule has 0 bridgehead atoms. The summed E-state index contributed by atoms with van der Waals surface area (Å²) in [7, 11) is 0. The van der Waals surface area contributed by atoms with Crippen LogP contribution in [-0.4, -0.2) is 6.04 Å². The Hall–Kier alpha value is -0.0400. The molecule has 1 aliphatic carbocycles. The lowest BCUT2D eigenvalue weighted by atomic mass is 9.75. The van der Waals surface area contributed by atoms with Gasteiger partial charge in [0.2, 0.25) is 0 Å². The highest BCUT2D eigenvalue weighted by Crippen LogP contribution is 2.32. The van der Waals surface area contributed by atoms with Gasteiger partial charge in [-0.15, -0.1) is 0 Å². The van der Waals surface area contributed by atoms with Gasteiger partial charge in [0.25, 0.3) is 0 Å². The molecular weight excluding hydrogens is 146 g/mol. The first-order valence-corrected chi connectivity index (χ1v) is 5.55. The normalized spacial score (nSPS) is 31.0. The molecule has 0 spiro atoms. The molecule has 0 saturated heterocycles. The monoisotopic (exact) mass is 169 g/mol. The third-order valence-corrected chi connectivity index (χ3v) is 3.53. The van der Waals surface area contributed by atoms with Crippen LogP contribution in [0.3, 0.4) is 0 Å². The van der Waals surface area contributed by atoms with Gasteiger partial charge in [0, 0.05) is 6.04 Å². The quantitative estimate of drug-likeness (QED) is 0.690. The van der Waals surface area contributed by atoms with Gasteiger partial charge in [-0.1, -0.05) is 39.5 Å². The van der Waals surface area contributed by atoms with Gasteiger partial charge in [-0.25, -0.2) is 0 Å². The second-order valence-corrected chi connectivity index (χ2v) is 4.19. The van der Waals surface area contributed by atoms with Crippen molar-refractivity contribution >= 4 is 0 Å². The van der Waals surface area contributed by atoms with Gasteiger partial charge in [0.1, 0.15) is 0 Å². The minimum atomic E-state index is 0.503. The van der Waals surface area contributed by atoms with E-state index in [4.69, 9.17) is 5.73 Å². The molecule has 2 atom stereocenters. The Morgan fingerprint density at radius 3 is 2.25 bits per heavy atom. The average Bonchev–Trinajstić information content (AvgIpc) is 2.10. The summed E-state index contributed by atoms with van der Waals surface area (Å²) in [6.45, 7) is 4.60. The smallest absolute Gasteiger partial charge is 0.00698 e. The van der Waals surface area contributed by atoms with E-state index in [0.29, 0.717) is 6.04 Å². The SMILES string of the molecule is CCC(CC)C1CCCC[C@@H]1N. The van der Waals surface area contributed by atoms with Crippen molar-refractivity contribution in [2.24, 2.45) is 17.6 Å². The molecule has 0 aromatic heterocycles. The molecule has 1 rings (SSSR count). The first kappa shape index (κ1) is 10.0. The van der Waals surface area contributed by atoms with Crippen LogP contribution in [0.4, 0.5) is 0 Å². The second-order valence-electron chi connectivity index (χ2n) is 4.19. The third-order valence-electron chi connectivity index (χ3n) is 3.53. The molecule has 72 valence electrons. The van der Waals surface area contributed by atoms with Crippen LogP contribution >= 0.6 is 0 Å². The van der Waals surface area contributed by atoms with Gasteiger partial charge >= 0.3 is 0 Å². The van der Waals surface area contributed by atoms with Crippen LogP contribution < -0.4 is 5.73 Å². The fourth-order valence-corrected chi connectivity index (χ4v) is 2.67. The molecule has 12 heavy (non-hydrogen) atoms.